The highest BCUT2D eigenvalue weighted by Gasteiger charge is 2.54. The molecule has 2 N–H and O–H groups in total. The van der Waals surface area contributed by atoms with Crippen LogP contribution in [0.1, 0.15) is 74.7 Å². The average molecular weight is 482 g/mol. The molecular weight excluding hydrogens is 438 g/mol. The van der Waals surface area contributed by atoms with E-state index in [1.54, 1.807) is 0 Å². The van der Waals surface area contributed by atoms with Gasteiger partial charge < -0.3 is 15.4 Å². The maximum atomic E-state index is 13.2. The van der Waals surface area contributed by atoms with Crippen molar-refractivity contribution in [2.45, 2.75) is 71.4 Å². The van der Waals surface area contributed by atoms with Crippen molar-refractivity contribution < 1.29 is 14.3 Å². The van der Waals surface area contributed by atoms with Crippen LogP contribution in [0.3, 0.4) is 0 Å². The molecule has 0 aromatic heterocycles. The minimum absolute atomic E-state index is 0.0313. The van der Waals surface area contributed by atoms with Crippen molar-refractivity contribution >= 4 is 11.8 Å². The number of nitrogens with zero attached hydrogens (tertiary/aromatic N) is 1. The Morgan fingerprint density at radius 2 is 1.57 bits per heavy atom. The molecule has 1 saturated heterocycles. The first-order chi connectivity index (χ1) is 16.9. The molecule has 192 valence electrons. The van der Waals surface area contributed by atoms with Crippen LogP contribution in [0.4, 0.5) is 0 Å². The lowest BCUT2D eigenvalue weighted by molar-refractivity contribution is -0.146. The van der Waals surface area contributed by atoms with Gasteiger partial charge in [0.1, 0.15) is 0 Å². The molecule has 6 nitrogen and oxygen atoms in total. The molecule has 1 atom stereocenters. The zero-order valence-corrected chi connectivity index (χ0v) is 21.6. The number of hydrogen-bond donors (Lipinski definition) is 2. The van der Waals surface area contributed by atoms with Gasteiger partial charge in [0.25, 0.3) is 5.91 Å². The second kappa shape index (κ2) is 10.6. The molecule has 1 unspecified atom stereocenters. The normalized spacial score (nSPS) is 30.9. The highest BCUT2D eigenvalue weighted by Crippen LogP contribution is 2.60. The van der Waals surface area contributed by atoms with Crippen LogP contribution in [0.25, 0.3) is 0 Å². The molecule has 0 spiro atoms. The summed E-state index contributed by atoms with van der Waals surface area (Å²) < 4.78 is 5.50. The SMILES string of the molecule is CC(C)CC(CNC(=O)c1ccc(CNC(=O)C23CC4CC(CC(C4)C2)C3)cc1)N1CCOCC1. The van der Waals surface area contributed by atoms with E-state index in [0.29, 0.717) is 30.6 Å². The average Bonchev–Trinajstić information content (AvgIpc) is 2.84. The van der Waals surface area contributed by atoms with Crippen molar-refractivity contribution in [3.8, 4) is 0 Å². The van der Waals surface area contributed by atoms with Gasteiger partial charge in [-0.1, -0.05) is 26.0 Å². The number of morpholine rings is 1. The van der Waals surface area contributed by atoms with Crippen molar-refractivity contribution in [1.82, 2.24) is 15.5 Å². The van der Waals surface area contributed by atoms with Crippen molar-refractivity contribution in [3.63, 3.8) is 0 Å². The molecule has 6 rings (SSSR count). The van der Waals surface area contributed by atoms with Crippen LogP contribution in [0.5, 0.6) is 0 Å². The van der Waals surface area contributed by atoms with E-state index in [-0.39, 0.29) is 17.2 Å². The predicted octanol–water partition coefficient (Wildman–Crippen LogP) is 4.00. The number of carbonyl (C=O) groups is 2. The van der Waals surface area contributed by atoms with Crippen LogP contribution >= 0.6 is 0 Å². The van der Waals surface area contributed by atoms with Gasteiger partial charge in [-0.05, 0) is 86.3 Å². The van der Waals surface area contributed by atoms with Gasteiger partial charge in [0.15, 0.2) is 0 Å². The first-order valence-corrected chi connectivity index (χ1v) is 13.9. The smallest absolute Gasteiger partial charge is 0.251 e. The fraction of sp³-hybridized carbons (Fsp3) is 0.724. The summed E-state index contributed by atoms with van der Waals surface area (Å²) in [5.41, 5.74) is 1.61. The summed E-state index contributed by atoms with van der Waals surface area (Å²) in [7, 11) is 0. The first kappa shape index (κ1) is 24.8. The first-order valence-electron chi connectivity index (χ1n) is 13.9. The maximum Gasteiger partial charge on any atom is 0.251 e. The standard InChI is InChI=1S/C29H43N3O3/c1-20(2)11-26(32-7-9-35-10-8-32)19-30-27(33)25-5-3-21(4-6-25)18-31-28(34)29-15-22-12-23(16-29)14-24(13-22)17-29/h3-6,20,22-24,26H,7-19H2,1-2H3,(H,30,33)(H,31,34). The number of carbonyl (C=O) groups excluding carboxylic acids is 2. The summed E-state index contributed by atoms with van der Waals surface area (Å²) in [4.78, 5) is 28.5. The van der Waals surface area contributed by atoms with E-state index in [9.17, 15) is 9.59 Å². The van der Waals surface area contributed by atoms with Crippen molar-refractivity contribution in [2.75, 3.05) is 32.8 Å². The van der Waals surface area contributed by atoms with Gasteiger partial charge in [0.05, 0.1) is 13.2 Å². The maximum absolute atomic E-state index is 13.2. The zero-order valence-electron chi connectivity index (χ0n) is 21.6. The van der Waals surface area contributed by atoms with E-state index in [1.165, 1.54) is 19.3 Å². The van der Waals surface area contributed by atoms with Gasteiger partial charge in [-0.25, -0.2) is 0 Å². The van der Waals surface area contributed by atoms with Crippen LogP contribution in [0, 0.1) is 29.1 Å². The number of hydrogen-bond acceptors (Lipinski definition) is 4. The minimum atomic E-state index is -0.110. The van der Waals surface area contributed by atoms with Crippen LogP contribution in [-0.2, 0) is 16.1 Å². The third-order valence-electron chi connectivity index (χ3n) is 8.99. The third kappa shape index (κ3) is 5.75. The quantitative estimate of drug-likeness (QED) is 0.559. The summed E-state index contributed by atoms with van der Waals surface area (Å²) in [6.45, 7) is 9.04. The van der Waals surface area contributed by atoms with Crippen molar-refractivity contribution in [2.24, 2.45) is 29.1 Å². The van der Waals surface area contributed by atoms with E-state index >= 15 is 0 Å². The Hall–Kier alpha value is -1.92. The molecule has 5 aliphatic rings. The van der Waals surface area contributed by atoms with Crippen molar-refractivity contribution in [3.05, 3.63) is 35.4 Å². The lowest BCUT2D eigenvalue weighted by atomic mass is 9.49. The largest absolute Gasteiger partial charge is 0.379 e. The topological polar surface area (TPSA) is 70.7 Å². The molecule has 1 aliphatic heterocycles. The van der Waals surface area contributed by atoms with Crippen LogP contribution in [0.15, 0.2) is 24.3 Å². The summed E-state index contributed by atoms with van der Waals surface area (Å²) in [6.07, 6.45) is 8.37. The fourth-order valence-electron chi connectivity index (χ4n) is 7.69. The van der Waals surface area contributed by atoms with E-state index in [2.05, 4.69) is 29.4 Å². The lowest BCUT2D eigenvalue weighted by Gasteiger charge is -2.55. The Labute approximate surface area is 210 Å². The summed E-state index contributed by atoms with van der Waals surface area (Å²) in [5, 5.41) is 6.40. The molecule has 4 bridgehead atoms. The van der Waals surface area contributed by atoms with Gasteiger partial charge in [-0.2, -0.15) is 0 Å². The molecule has 1 aromatic rings. The molecule has 1 aromatic carbocycles. The second-order valence-corrected chi connectivity index (χ2v) is 12.2. The lowest BCUT2D eigenvalue weighted by Crippen LogP contribution is -2.53. The molecule has 5 fully saturated rings. The van der Waals surface area contributed by atoms with Gasteiger partial charge in [0, 0.05) is 43.2 Å². The monoisotopic (exact) mass is 481 g/mol. The van der Waals surface area contributed by atoms with Gasteiger partial charge in [-0.15, -0.1) is 0 Å². The highest BCUT2D eigenvalue weighted by atomic mass is 16.5. The molecule has 4 saturated carbocycles. The summed E-state index contributed by atoms with van der Waals surface area (Å²) in [5.74, 6) is 3.12. The van der Waals surface area contributed by atoms with E-state index in [0.717, 1.165) is 75.3 Å². The molecule has 4 aliphatic carbocycles. The molecule has 6 heteroatoms. The van der Waals surface area contributed by atoms with Gasteiger partial charge in [0.2, 0.25) is 5.91 Å². The number of amides is 2. The van der Waals surface area contributed by atoms with E-state index in [1.807, 2.05) is 24.3 Å². The Balaban J connectivity index is 1.12. The molecular formula is C29H43N3O3. The van der Waals surface area contributed by atoms with Crippen molar-refractivity contribution in [1.29, 1.82) is 0 Å². The van der Waals surface area contributed by atoms with Gasteiger partial charge >= 0.3 is 0 Å². The predicted molar refractivity (Wildman–Crippen MR) is 137 cm³/mol. The molecule has 0 radical (unpaired) electrons. The summed E-state index contributed by atoms with van der Waals surface area (Å²) >= 11 is 0. The van der Waals surface area contributed by atoms with Crippen LogP contribution < -0.4 is 10.6 Å². The van der Waals surface area contributed by atoms with E-state index < -0.39 is 0 Å². The van der Waals surface area contributed by atoms with Crippen LogP contribution in [0.2, 0.25) is 0 Å². The molecule has 35 heavy (non-hydrogen) atoms. The number of ether oxygens (including phenoxy) is 1. The molecule has 1 heterocycles. The Morgan fingerprint density at radius 3 is 2.14 bits per heavy atom. The Kier molecular flexibility index (Phi) is 7.50. The van der Waals surface area contributed by atoms with E-state index in [4.69, 9.17) is 4.74 Å². The Bertz CT molecular complexity index is 856. The summed E-state index contributed by atoms with van der Waals surface area (Å²) in [6, 6.07) is 8.05. The Morgan fingerprint density at radius 1 is 0.971 bits per heavy atom. The van der Waals surface area contributed by atoms with Crippen LogP contribution in [-0.4, -0.2) is 55.6 Å². The second-order valence-electron chi connectivity index (χ2n) is 12.2. The van der Waals surface area contributed by atoms with Gasteiger partial charge in [-0.3, -0.25) is 14.5 Å². The highest BCUT2D eigenvalue weighted by molar-refractivity contribution is 5.94. The molecule has 2 amide bonds. The number of benzene rings is 1. The number of rotatable bonds is 9. The zero-order chi connectivity index (χ0) is 24.4. The fourth-order valence-corrected chi connectivity index (χ4v) is 7.69. The third-order valence-corrected chi connectivity index (χ3v) is 8.99. The minimum Gasteiger partial charge on any atom is -0.379 e. The number of nitrogens with one attached hydrogen (secondary N) is 2.